The Bertz CT molecular complexity index is 528. The molecule has 1 aromatic rings. The van der Waals surface area contributed by atoms with Gasteiger partial charge in [-0.05, 0) is 12.1 Å². The molecule has 0 radical (unpaired) electrons. The number of carbonyl (C=O) groups is 1. The molecule has 1 aliphatic heterocycles. The number of hydrogen-bond donors (Lipinski definition) is 1. The van der Waals surface area contributed by atoms with E-state index in [1.807, 2.05) is 0 Å². The summed E-state index contributed by atoms with van der Waals surface area (Å²) < 4.78 is 36.9. The number of halogens is 4. The van der Waals surface area contributed by atoms with Gasteiger partial charge in [-0.15, -0.1) is 0 Å². The summed E-state index contributed by atoms with van der Waals surface area (Å²) in [7, 11) is 0. The van der Waals surface area contributed by atoms with E-state index in [-0.39, 0.29) is 48.4 Å². The zero-order valence-corrected chi connectivity index (χ0v) is 11.9. The van der Waals surface area contributed by atoms with Crippen LogP contribution in [0.3, 0.4) is 0 Å². The maximum Gasteiger partial charge on any atom is 0.401 e. The van der Waals surface area contributed by atoms with E-state index in [9.17, 15) is 18.0 Å². The van der Waals surface area contributed by atoms with Crippen LogP contribution < -0.4 is 5.73 Å². The number of rotatable bonds is 2. The molecule has 1 aromatic carbocycles. The van der Waals surface area contributed by atoms with Gasteiger partial charge in [0.25, 0.3) is 5.91 Å². The predicted molar refractivity (Wildman–Crippen MR) is 74.3 cm³/mol. The highest BCUT2D eigenvalue weighted by molar-refractivity contribution is 6.33. The molecule has 8 heteroatoms. The Labute approximate surface area is 125 Å². The molecule has 2 N–H and O–H groups in total. The number of nitrogen functional groups attached to an aromatic ring is 1. The number of para-hydroxylation sites is 1. The van der Waals surface area contributed by atoms with Crippen LogP contribution in [0.4, 0.5) is 18.9 Å². The molecule has 0 unspecified atom stereocenters. The van der Waals surface area contributed by atoms with Gasteiger partial charge in [0.05, 0.1) is 22.8 Å². The Morgan fingerprint density at radius 1 is 1.24 bits per heavy atom. The summed E-state index contributed by atoms with van der Waals surface area (Å²) in [5.41, 5.74) is 6.24. The third kappa shape index (κ3) is 4.01. The van der Waals surface area contributed by atoms with Crippen LogP contribution in [-0.4, -0.2) is 54.6 Å². The third-order valence-electron chi connectivity index (χ3n) is 3.35. The van der Waals surface area contributed by atoms with Crippen LogP contribution in [0.1, 0.15) is 10.4 Å². The number of piperazine rings is 1. The molecule has 0 saturated carbocycles. The summed E-state index contributed by atoms with van der Waals surface area (Å²) in [5, 5.41) is 0.288. The van der Waals surface area contributed by atoms with E-state index in [1.54, 1.807) is 18.2 Å². The first kappa shape index (κ1) is 15.9. The smallest absolute Gasteiger partial charge is 0.397 e. The maximum absolute atomic E-state index is 12.3. The summed E-state index contributed by atoms with van der Waals surface area (Å²) in [4.78, 5) is 15.1. The fraction of sp³-hybridized carbons (Fsp3) is 0.462. The maximum atomic E-state index is 12.3. The lowest BCUT2D eigenvalue weighted by Gasteiger charge is -2.35. The molecule has 0 aliphatic carbocycles. The average Bonchev–Trinajstić information content (AvgIpc) is 2.40. The highest BCUT2D eigenvalue weighted by Gasteiger charge is 2.33. The summed E-state index contributed by atoms with van der Waals surface area (Å²) in [5.74, 6) is -0.304. The van der Waals surface area contributed by atoms with Gasteiger partial charge in [0.2, 0.25) is 0 Å². The summed E-state index contributed by atoms with van der Waals surface area (Å²) in [6, 6.07) is 4.76. The fourth-order valence-electron chi connectivity index (χ4n) is 2.26. The van der Waals surface area contributed by atoms with Gasteiger partial charge in [0.1, 0.15) is 0 Å². The summed E-state index contributed by atoms with van der Waals surface area (Å²) >= 11 is 5.86. The average molecular weight is 322 g/mol. The molecule has 2 rings (SSSR count). The van der Waals surface area contributed by atoms with E-state index in [0.29, 0.717) is 0 Å². The van der Waals surface area contributed by atoms with E-state index < -0.39 is 12.7 Å². The van der Waals surface area contributed by atoms with Crippen molar-refractivity contribution in [2.45, 2.75) is 6.18 Å². The van der Waals surface area contributed by atoms with Gasteiger partial charge in [-0.2, -0.15) is 13.2 Å². The first-order chi connectivity index (χ1) is 9.78. The first-order valence-electron chi connectivity index (χ1n) is 6.40. The second kappa shape index (κ2) is 6.11. The van der Waals surface area contributed by atoms with E-state index >= 15 is 0 Å². The standard InChI is InChI=1S/C13H15ClF3N3O/c14-10-3-1-2-9(11(10)18)12(21)20-6-4-19(5-7-20)8-13(15,16)17/h1-3H,4-8,18H2. The number of carbonyl (C=O) groups excluding carboxylic acids is 1. The number of nitrogens with two attached hydrogens (primary N) is 1. The van der Waals surface area contributed by atoms with E-state index in [1.165, 1.54) is 9.80 Å². The van der Waals surface area contributed by atoms with Crippen LogP contribution in [0.15, 0.2) is 18.2 Å². The Hall–Kier alpha value is -1.47. The zero-order chi connectivity index (χ0) is 15.6. The van der Waals surface area contributed by atoms with Crippen molar-refractivity contribution in [1.29, 1.82) is 0 Å². The SMILES string of the molecule is Nc1c(Cl)cccc1C(=O)N1CCN(CC(F)(F)F)CC1. The molecule has 21 heavy (non-hydrogen) atoms. The van der Waals surface area contributed by atoms with Crippen molar-refractivity contribution in [2.24, 2.45) is 0 Å². The van der Waals surface area contributed by atoms with Crippen molar-refractivity contribution in [3.8, 4) is 0 Å². The molecular weight excluding hydrogens is 307 g/mol. The highest BCUT2D eigenvalue weighted by atomic mass is 35.5. The molecular formula is C13H15ClF3N3O. The minimum Gasteiger partial charge on any atom is -0.397 e. The predicted octanol–water partition coefficient (Wildman–Crippen LogP) is 2.24. The largest absolute Gasteiger partial charge is 0.401 e. The lowest BCUT2D eigenvalue weighted by atomic mass is 10.1. The fourth-order valence-corrected chi connectivity index (χ4v) is 2.43. The number of alkyl halides is 3. The van der Waals surface area contributed by atoms with Crippen LogP contribution in [0.25, 0.3) is 0 Å². The molecule has 1 saturated heterocycles. The summed E-state index contributed by atoms with van der Waals surface area (Å²) in [6.07, 6.45) is -4.22. The first-order valence-corrected chi connectivity index (χ1v) is 6.78. The number of anilines is 1. The second-order valence-corrected chi connectivity index (χ2v) is 5.29. The molecule has 1 aliphatic rings. The van der Waals surface area contributed by atoms with Crippen molar-refractivity contribution >= 4 is 23.2 Å². The van der Waals surface area contributed by atoms with E-state index in [0.717, 1.165) is 0 Å². The Kier molecular flexibility index (Phi) is 4.63. The number of hydrogen-bond acceptors (Lipinski definition) is 3. The normalized spacial score (nSPS) is 17.0. The number of nitrogens with zero attached hydrogens (tertiary/aromatic N) is 2. The van der Waals surface area contributed by atoms with Gasteiger partial charge in [-0.25, -0.2) is 0 Å². The van der Waals surface area contributed by atoms with Crippen LogP contribution >= 0.6 is 11.6 Å². The number of amides is 1. The van der Waals surface area contributed by atoms with Gasteiger partial charge in [-0.3, -0.25) is 9.69 Å². The molecule has 0 aromatic heterocycles. The van der Waals surface area contributed by atoms with Crippen LogP contribution in [-0.2, 0) is 0 Å². The monoisotopic (exact) mass is 321 g/mol. The van der Waals surface area contributed by atoms with Crippen molar-refractivity contribution in [1.82, 2.24) is 9.80 Å². The molecule has 0 bridgehead atoms. The minimum absolute atomic E-state index is 0.186. The van der Waals surface area contributed by atoms with Gasteiger partial charge in [-0.1, -0.05) is 17.7 Å². The molecule has 1 heterocycles. The quantitative estimate of drug-likeness (QED) is 0.850. The molecule has 0 atom stereocenters. The summed E-state index contributed by atoms with van der Waals surface area (Å²) in [6.45, 7) is -0.104. The van der Waals surface area contributed by atoms with Gasteiger partial charge in [0, 0.05) is 26.2 Å². The second-order valence-electron chi connectivity index (χ2n) is 4.88. The third-order valence-corrected chi connectivity index (χ3v) is 3.68. The van der Waals surface area contributed by atoms with Gasteiger partial charge in [0.15, 0.2) is 0 Å². The van der Waals surface area contributed by atoms with Crippen LogP contribution in [0.2, 0.25) is 5.02 Å². The number of benzene rings is 1. The van der Waals surface area contributed by atoms with Crippen molar-refractivity contribution in [3.63, 3.8) is 0 Å². The lowest BCUT2D eigenvalue weighted by Crippen LogP contribution is -2.51. The topological polar surface area (TPSA) is 49.6 Å². The molecule has 1 fully saturated rings. The van der Waals surface area contributed by atoms with Gasteiger partial charge < -0.3 is 10.6 Å². The molecule has 4 nitrogen and oxygen atoms in total. The van der Waals surface area contributed by atoms with E-state index in [4.69, 9.17) is 17.3 Å². The van der Waals surface area contributed by atoms with E-state index in [2.05, 4.69) is 0 Å². The van der Waals surface area contributed by atoms with Gasteiger partial charge >= 0.3 is 6.18 Å². The molecule has 116 valence electrons. The highest BCUT2D eigenvalue weighted by Crippen LogP contribution is 2.24. The Balaban J connectivity index is 1.99. The molecule has 0 spiro atoms. The van der Waals surface area contributed by atoms with Crippen molar-refractivity contribution in [2.75, 3.05) is 38.5 Å². The van der Waals surface area contributed by atoms with Crippen LogP contribution in [0, 0.1) is 0 Å². The Morgan fingerprint density at radius 2 is 1.86 bits per heavy atom. The zero-order valence-electron chi connectivity index (χ0n) is 11.2. The minimum atomic E-state index is -4.22. The Morgan fingerprint density at radius 3 is 2.43 bits per heavy atom. The van der Waals surface area contributed by atoms with Crippen molar-refractivity contribution < 1.29 is 18.0 Å². The molecule has 1 amide bonds. The van der Waals surface area contributed by atoms with Crippen LogP contribution in [0.5, 0.6) is 0 Å². The van der Waals surface area contributed by atoms with Crippen molar-refractivity contribution in [3.05, 3.63) is 28.8 Å². The lowest BCUT2D eigenvalue weighted by molar-refractivity contribution is -0.148.